The van der Waals surface area contributed by atoms with Crippen molar-refractivity contribution in [2.24, 2.45) is 0 Å². The molecule has 0 unspecified atom stereocenters. The number of nitriles is 1. The van der Waals surface area contributed by atoms with E-state index < -0.39 is 0 Å². The number of Topliss-reactive ketones (excluding diaryl/α,β-unsaturated/α-hetero) is 1. The van der Waals surface area contributed by atoms with E-state index in [-0.39, 0.29) is 5.78 Å². The summed E-state index contributed by atoms with van der Waals surface area (Å²) >= 11 is 3.08. The molecule has 0 aliphatic rings. The van der Waals surface area contributed by atoms with E-state index in [0.29, 0.717) is 27.6 Å². The van der Waals surface area contributed by atoms with Crippen molar-refractivity contribution in [3.8, 4) is 16.6 Å². The smallest absolute Gasteiger partial charge is 0.161 e. The maximum absolute atomic E-state index is 11.6. The van der Waals surface area contributed by atoms with Gasteiger partial charge in [-0.15, -0.1) is 11.3 Å². The predicted molar refractivity (Wildman–Crippen MR) is 106 cm³/mol. The molecule has 130 valence electrons. The molecule has 0 saturated carbocycles. The zero-order chi connectivity index (χ0) is 18.7. The summed E-state index contributed by atoms with van der Waals surface area (Å²) in [5.41, 5.74) is 4.86. The van der Waals surface area contributed by atoms with Crippen LogP contribution in [0.15, 0.2) is 40.7 Å². The van der Waals surface area contributed by atoms with Crippen LogP contribution in [-0.4, -0.2) is 15.8 Å². The van der Waals surface area contributed by atoms with Crippen molar-refractivity contribution in [1.29, 1.82) is 5.26 Å². The lowest BCUT2D eigenvalue weighted by Gasteiger charge is -2.07. The van der Waals surface area contributed by atoms with Gasteiger partial charge in [0, 0.05) is 28.0 Å². The van der Waals surface area contributed by atoms with Crippen molar-refractivity contribution in [2.45, 2.75) is 31.6 Å². The number of thiazole rings is 1. The molecule has 4 nitrogen and oxygen atoms in total. The van der Waals surface area contributed by atoms with Crippen molar-refractivity contribution in [2.75, 3.05) is 0 Å². The lowest BCUT2D eigenvalue weighted by molar-refractivity contribution is 0.101. The molecule has 3 aromatic rings. The summed E-state index contributed by atoms with van der Waals surface area (Å²) in [6.45, 7) is 5.34. The molecule has 0 saturated heterocycles. The van der Waals surface area contributed by atoms with Gasteiger partial charge < -0.3 is 0 Å². The Bertz CT molecular complexity index is 1000. The number of benzene rings is 1. The molecule has 0 atom stereocenters. The van der Waals surface area contributed by atoms with E-state index >= 15 is 0 Å². The molecule has 0 fully saturated rings. The standard InChI is InChI=1S/C20H17N3OS2/c1-12-4-6-15(7-5-12)19-23-17(10-25-19)11-26-20-16(9-21)8-18(14(3)24)13(2)22-20/h4-8,10H,11H2,1-3H3. The fourth-order valence-electron chi connectivity index (χ4n) is 2.47. The third kappa shape index (κ3) is 4.01. The van der Waals surface area contributed by atoms with Crippen LogP contribution >= 0.6 is 23.1 Å². The van der Waals surface area contributed by atoms with E-state index in [0.717, 1.165) is 16.3 Å². The lowest BCUT2D eigenvalue weighted by Crippen LogP contribution is -2.02. The second kappa shape index (κ2) is 7.81. The first-order valence-electron chi connectivity index (χ1n) is 8.05. The highest BCUT2D eigenvalue weighted by Crippen LogP contribution is 2.29. The van der Waals surface area contributed by atoms with E-state index in [1.807, 2.05) is 5.38 Å². The van der Waals surface area contributed by atoms with Crippen LogP contribution in [0.3, 0.4) is 0 Å². The molecule has 2 heterocycles. The molecular formula is C20H17N3OS2. The molecule has 0 spiro atoms. The van der Waals surface area contributed by atoms with Crippen LogP contribution in [0.4, 0.5) is 0 Å². The highest BCUT2D eigenvalue weighted by Gasteiger charge is 2.13. The summed E-state index contributed by atoms with van der Waals surface area (Å²) in [6.07, 6.45) is 0. The number of hydrogen-bond donors (Lipinski definition) is 0. The minimum Gasteiger partial charge on any atom is -0.294 e. The SMILES string of the molecule is CC(=O)c1cc(C#N)c(SCc2csc(-c3ccc(C)cc3)n2)nc1C. The highest BCUT2D eigenvalue weighted by atomic mass is 32.2. The fraction of sp³-hybridized carbons (Fsp3) is 0.200. The number of rotatable bonds is 5. The average Bonchev–Trinajstić information content (AvgIpc) is 3.09. The van der Waals surface area contributed by atoms with Gasteiger partial charge in [-0.3, -0.25) is 4.79 Å². The topological polar surface area (TPSA) is 66.6 Å². The molecule has 0 amide bonds. The average molecular weight is 380 g/mol. The largest absolute Gasteiger partial charge is 0.294 e. The van der Waals surface area contributed by atoms with E-state index in [1.54, 1.807) is 24.3 Å². The summed E-state index contributed by atoms with van der Waals surface area (Å²) in [4.78, 5) is 20.8. The van der Waals surface area contributed by atoms with Crippen LogP contribution in [0.2, 0.25) is 0 Å². The minimum absolute atomic E-state index is 0.0784. The summed E-state index contributed by atoms with van der Waals surface area (Å²) in [7, 11) is 0. The van der Waals surface area contributed by atoms with Crippen molar-refractivity contribution in [3.05, 3.63) is 63.8 Å². The molecule has 6 heteroatoms. The third-order valence-electron chi connectivity index (χ3n) is 3.88. The predicted octanol–water partition coefficient (Wildman–Crippen LogP) is 5.19. The first kappa shape index (κ1) is 18.3. The van der Waals surface area contributed by atoms with Gasteiger partial charge >= 0.3 is 0 Å². The van der Waals surface area contributed by atoms with E-state index in [4.69, 9.17) is 0 Å². The molecule has 1 aromatic carbocycles. The summed E-state index contributed by atoms with van der Waals surface area (Å²) < 4.78 is 0. The lowest BCUT2D eigenvalue weighted by atomic mass is 10.1. The van der Waals surface area contributed by atoms with E-state index in [2.05, 4.69) is 47.2 Å². The van der Waals surface area contributed by atoms with Gasteiger partial charge in [-0.25, -0.2) is 9.97 Å². The number of nitrogens with zero attached hydrogens (tertiary/aromatic N) is 3. The Morgan fingerprint density at radius 2 is 1.96 bits per heavy atom. The molecule has 0 aliphatic heterocycles. The molecule has 0 radical (unpaired) electrons. The van der Waals surface area contributed by atoms with Crippen molar-refractivity contribution < 1.29 is 4.79 Å². The first-order chi connectivity index (χ1) is 12.5. The zero-order valence-corrected chi connectivity index (χ0v) is 16.4. The monoisotopic (exact) mass is 379 g/mol. The highest BCUT2D eigenvalue weighted by molar-refractivity contribution is 7.98. The Labute approximate surface area is 160 Å². The molecular weight excluding hydrogens is 362 g/mol. The molecule has 3 rings (SSSR count). The van der Waals surface area contributed by atoms with Crippen LogP contribution in [0, 0.1) is 25.2 Å². The molecule has 0 bridgehead atoms. The summed E-state index contributed by atoms with van der Waals surface area (Å²) in [6, 6.07) is 12.1. The number of aromatic nitrogens is 2. The van der Waals surface area contributed by atoms with Gasteiger partial charge in [0.25, 0.3) is 0 Å². The van der Waals surface area contributed by atoms with Gasteiger partial charge in [0.1, 0.15) is 16.1 Å². The van der Waals surface area contributed by atoms with E-state index in [9.17, 15) is 10.1 Å². The number of hydrogen-bond acceptors (Lipinski definition) is 6. The van der Waals surface area contributed by atoms with Gasteiger partial charge in [-0.2, -0.15) is 5.26 Å². The number of pyridine rings is 1. The van der Waals surface area contributed by atoms with Crippen molar-refractivity contribution in [1.82, 2.24) is 9.97 Å². The number of carbonyl (C=O) groups is 1. The van der Waals surface area contributed by atoms with E-state index in [1.165, 1.54) is 24.2 Å². The Balaban J connectivity index is 1.78. The second-order valence-electron chi connectivity index (χ2n) is 5.94. The molecule has 2 aromatic heterocycles. The van der Waals surface area contributed by atoms with Gasteiger partial charge in [0.15, 0.2) is 5.78 Å². The van der Waals surface area contributed by atoms with Crippen LogP contribution in [0.1, 0.15) is 39.8 Å². The van der Waals surface area contributed by atoms with Gasteiger partial charge in [-0.05, 0) is 26.8 Å². The molecule has 0 N–H and O–H groups in total. The van der Waals surface area contributed by atoms with Crippen molar-refractivity contribution in [3.63, 3.8) is 0 Å². The van der Waals surface area contributed by atoms with Gasteiger partial charge in [0.05, 0.1) is 11.3 Å². The van der Waals surface area contributed by atoms with Gasteiger partial charge in [-0.1, -0.05) is 41.6 Å². The number of aryl methyl sites for hydroxylation is 2. The Kier molecular flexibility index (Phi) is 5.50. The quantitative estimate of drug-likeness (QED) is 0.451. The summed E-state index contributed by atoms with van der Waals surface area (Å²) in [5.74, 6) is 0.549. The van der Waals surface area contributed by atoms with Crippen molar-refractivity contribution >= 4 is 28.9 Å². The number of ketones is 1. The maximum Gasteiger partial charge on any atom is 0.161 e. The van der Waals surface area contributed by atoms with Crippen LogP contribution in [0.25, 0.3) is 10.6 Å². The fourth-order valence-corrected chi connectivity index (χ4v) is 4.30. The van der Waals surface area contributed by atoms with Crippen LogP contribution in [0.5, 0.6) is 0 Å². The van der Waals surface area contributed by atoms with Gasteiger partial charge in [0.2, 0.25) is 0 Å². The molecule has 26 heavy (non-hydrogen) atoms. The minimum atomic E-state index is -0.0784. The normalized spacial score (nSPS) is 10.5. The Morgan fingerprint density at radius 3 is 2.62 bits per heavy atom. The van der Waals surface area contributed by atoms with Crippen LogP contribution < -0.4 is 0 Å². The van der Waals surface area contributed by atoms with Crippen LogP contribution in [-0.2, 0) is 5.75 Å². The Morgan fingerprint density at radius 1 is 1.23 bits per heavy atom. The number of thioether (sulfide) groups is 1. The maximum atomic E-state index is 11.6. The zero-order valence-electron chi connectivity index (χ0n) is 14.7. The summed E-state index contributed by atoms with van der Waals surface area (Å²) in [5, 5.41) is 13.0. The Hall–Kier alpha value is -2.49. The third-order valence-corrected chi connectivity index (χ3v) is 5.85. The first-order valence-corrected chi connectivity index (χ1v) is 9.91. The number of carbonyl (C=O) groups excluding carboxylic acids is 1. The second-order valence-corrected chi connectivity index (χ2v) is 7.76. The molecule has 0 aliphatic carbocycles.